The van der Waals surface area contributed by atoms with Crippen LogP contribution in [0.1, 0.15) is 27.6 Å². The Morgan fingerprint density at radius 1 is 1.07 bits per heavy atom. The van der Waals surface area contributed by atoms with Gasteiger partial charge in [-0.25, -0.2) is 0 Å². The molecule has 0 aliphatic heterocycles. The molecular formula is C19H14N2O5S. The average molecular weight is 382 g/mol. The highest BCUT2D eigenvalue weighted by Crippen LogP contribution is 2.32. The van der Waals surface area contributed by atoms with Crippen LogP contribution in [-0.4, -0.2) is 16.6 Å². The summed E-state index contributed by atoms with van der Waals surface area (Å²) < 4.78 is 5.57. The zero-order valence-electron chi connectivity index (χ0n) is 14.2. The molecule has 2 aromatic carbocycles. The molecule has 3 rings (SSSR count). The third-order valence-corrected chi connectivity index (χ3v) is 4.37. The molecule has 1 amide bonds. The standard InChI is InChI=1S/C19H14N2O5S/c1-12(22)13-2-7-18(17(10-13)21(24)25)26-16-5-3-15(4-6-16)20-19(23)14-8-9-27-11-14/h2-11H,1H3,(H,20,23). The van der Waals surface area contributed by atoms with Crippen LogP contribution in [0.4, 0.5) is 11.4 Å². The molecule has 0 radical (unpaired) electrons. The van der Waals surface area contributed by atoms with E-state index in [1.165, 1.54) is 36.5 Å². The molecule has 1 aromatic heterocycles. The lowest BCUT2D eigenvalue weighted by atomic mass is 10.1. The molecule has 0 fully saturated rings. The molecule has 0 spiro atoms. The SMILES string of the molecule is CC(=O)c1ccc(Oc2ccc(NC(=O)c3ccsc3)cc2)c([N+](=O)[O-])c1. The first-order valence-corrected chi connectivity index (χ1v) is 8.79. The van der Waals surface area contributed by atoms with Crippen LogP contribution < -0.4 is 10.1 Å². The second kappa shape index (κ2) is 7.79. The molecule has 7 nitrogen and oxygen atoms in total. The monoisotopic (exact) mass is 382 g/mol. The minimum atomic E-state index is -0.600. The quantitative estimate of drug-likeness (QED) is 0.371. The number of Topliss-reactive ketones (excluding diaryl/α,β-unsaturated/α-hetero) is 1. The maximum atomic E-state index is 12.0. The smallest absolute Gasteiger partial charge is 0.312 e. The molecule has 1 heterocycles. The maximum Gasteiger partial charge on any atom is 0.312 e. The summed E-state index contributed by atoms with van der Waals surface area (Å²) in [5.41, 5.74) is 1.08. The van der Waals surface area contributed by atoms with Crippen LogP contribution >= 0.6 is 11.3 Å². The van der Waals surface area contributed by atoms with Crippen molar-refractivity contribution in [2.24, 2.45) is 0 Å². The van der Waals surface area contributed by atoms with Gasteiger partial charge in [0.25, 0.3) is 5.91 Å². The van der Waals surface area contributed by atoms with Crippen LogP contribution in [0.25, 0.3) is 0 Å². The Kier molecular flexibility index (Phi) is 5.28. The molecule has 3 aromatic rings. The van der Waals surface area contributed by atoms with Crippen LogP contribution in [0, 0.1) is 10.1 Å². The van der Waals surface area contributed by atoms with Crippen LogP contribution in [0.3, 0.4) is 0 Å². The predicted molar refractivity (Wildman–Crippen MR) is 102 cm³/mol. The van der Waals surface area contributed by atoms with Gasteiger partial charge in [-0.05, 0) is 54.8 Å². The Labute approximate surface area is 158 Å². The van der Waals surface area contributed by atoms with E-state index >= 15 is 0 Å². The van der Waals surface area contributed by atoms with Crippen molar-refractivity contribution in [2.45, 2.75) is 6.92 Å². The number of benzene rings is 2. The van der Waals surface area contributed by atoms with Gasteiger partial charge in [0.05, 0.1) is 10.5 Å². The molecule has 0 saturated heterocycles. The van der Waals surface area contributed by atoms with Crippen molar-refractivity contribution in [1.82, 2.24) is 0 Å². The van der Waals surface area contributed by atoms with E-state index in [9.17, 15) is 19.7 Å². The van der Waals surface area contributed by atoms with Crippen molar-refractivity contribution >= 4 is 34.4 Å². The summed E-state index contributed by atoms with van der Waals surface area (Å²) >= 11 is 1.43. The van der Waals surface area contributed by atoms with Crippen molar-refractivity contribution in [2.75, 3.05) is 5.32 Å². The Bertz CT molecular complexity index is 997. The van der Waals surface area contributed by atoms with Gasteiger partial charge in [0.15, 0.2) is 5.78 Å². The number of nitro benzene ring substituents is 1. The van der Waals surface area contributed by atoms with E-state index < -0.39 is 4.92 Å². The number of ether oxygens (including phenoxy) is 1. The first kappa shape index (κ1) is 18.3. The van der Waals surface area contributed by atoms with Crippen molar-refractivity contribution < 1.29 is 19.2 Å². The number of hydrogen-bond donors (Lipinski definition) is 1. The van der Waals surface area contributed by atoms with Crippen LogP contribution in [0.15, 0.2) is 59.3 Å². The van der Waals surface area contributed by atoms with E-state index in [1.807, 2.05) is 5.38 Å². The first-order valence-electron chi connectivity index (χ1n) is 7.85. The highest BCUT2D eigenvalue weighted by molar-refractivity contribution is 7.08. The zero-order chi connectivity index (χ0) is 19.4. The second-order valence-electron chi connectivity index (χ2n) is 5.59. The number of carbonyl (C=O) groups is 2. The van der Waals surface area contributed by atoms with E-state index in [0.717, 1.165) is 0 Å². The zero-order valence-corrected chi connectivity index (χ0v) is 15.0. The van der Waals surface area contributed by atoms with Gasteiger partial charge in [-0.2, -0.15) is 11.3 Å². The molecule has 0 unspecified atom stereocenters. The van der Waals surface area contributed by atoms with Gasteiger partial charge in [0.2, 0.25) is 5.75 Å². The third-order valence-electron chi connectivity index (χ3n) is 3.69. The van der Waals surface area contributed by atoms with Gasteiger partial charge in [0.1, 0.15) is 5.75 Å². The second-order valence-corrected chi connectivity index (χ2v) is 6.37. The Hall–Kier alpha value is -3.52. The average Bonchev–Trinajstić information content (AvgIpc) is 3.18. The topological polar surface area (TPSA) is 98.5 Å². The number of ketones is 1. The summed E-state index contributed by atoms with van der Waals surface area (Å²) in [6.07, 6.45) is 0. The van der Waals surface area contributed by atoms with E-state index in [-0.39, 0.29) is 28.7 Å². The van der Waals surface area contributed by atoms with E-state index in [4.69, 9.17) is 4.74 Å². The number of thiophene rings is 1. The molecule has 136 valence electrons. The molecule has 0 bridgehead atoms. The molecule has 8 heteroatoms. The fraction of sp³-hybridized carbons (Fsp3) is 0.0526. The Balaban J connectivity index is 1.76. The fourth-order valence-electron chi connectivity index (χ4n) is 2.30. The molecule has 1 N–H and O–H groups in total. The normalized spacial score (nSPS) is 10.3. The van der Waals surface area contributed by atoms with E-state index in [1.54, 1.807) is 35.7 Å². The number of amides is 1. The molecule has 0 aliphatic rings. The number of hydrogen-bond acceptors (Lipinski definition) is 6. The summed E-state index contributed by atoms with van der Waals surface area (Å²) in [4.78, 5) is 34.1. The highest BCUT2D eigenvalue weighted by atomic mass is 32.1. The fourth-order valence-corrected chi connectivity index (χ4v) is 2.93. The van der Waals surface area contributed by atoms with Gasteiger partial charge in [-0.15, -0.1) is 0 Å². The summed E-state index contributed by atoms with van der Waals surface area (Å²) in [6.45, 7) is 1.34. The summed E-state index contributed by atoms with van der Waals surface area (Å²) in [6, 6.07) is 12.2. The summed E-state index contributed by atoms with van der Waals surface area (Å²) in [5.74, 6) is -0.0991. The number of nitrogens with one attached hydrogen (secondary N) is 1. The molecular weight excluding hydrogens is 368 g/mol. The lowest BCUT2D eigenvalue weighted by molar-refractivity contribution is -0.385. The lowest BCUT2D eigenvalue weighted by Gasteiger charge is -2.09. The van der Waals surface area contributed by atoms with Gasteiger partial charge < -0.3 is 10.1 Å². The molecule has 0 atom stereocenters. The summed E-state index contributed by atoms with van der Waals surface area (Å²) in [5, 5.41) is 17.6. The summed E-state index contributed by atoms with van der Waals surface area (Å²) in [7, 11) is 0. The van der Waals surface area contributed by atoms with E-state index in [2.05, 4.69) is 5.32 Å². The highest BCUT2D eigenvalue weighted by Gasteiger charge is 2.18. The van der Waals surface area contributed by atoms with Gasteiger partial charge in [0, 0.05) is 22.7 Å². The number of rotatable bonds is 6. The van der Waals surface area contributed by atoms with Crippen LogP contribution in [0.2, 0.25) is 0 Å². The largest absolute Gasteiger partial charge is 0.450 e. The third kappa shape index (κ3) is 4.36. The molecule has 0 saturated carbocycles. The van der Waals surface area contributed by atoms with Crippen molar-refractivity contribution in [3.8, 4) is 11.5 Å². The Morgan fingerprint density at radius 2 is 1.81 bits per heavy atom. The van der Waals surface area contributed by atoms with Crippen molar-refractivity contribution in [3.63, 3.8) is 0 Å². The van der Waals surface area contributed by atoms with Gasteiger partial charge in [-0.1, -0.05) is 0 Å². The molecule has 27 heavy (non-hydrogen) atoms. The number of carbonyl (C=O) groups excluding carboxylic acids is 2. The first-order chi connectivity index (χ1) is 12.9. The number of anilines is 1. The van der Waals surface area contributed by atoms with Gasteiger partial charge >= 0.3 is 5.69 Å². The van der Waals surface area contributed by atoms with Crippen molar-refractivity contribution in [3.05, 3.63) is 80.5 Å². The predicted octanol–water partition coefficient (Wildman–Crippen LogP) is 4.90. The Morgan fingerprint density at radius 3 is 2.41 bits per heavy atom. The minimum absolute atomic E-state index is 0.0278. The number of nitro groups is 1. The van der Waals surface area contributed by atoms with Crippen LogP contribution in [-0.2, 0) is 0 Å². The van der Waals surface area contributed by atoms with Crippen LogP contribution in [0.5, 0.6) is 11.5 Å². The van der Waals surface area contributed by atoms with Crippen molar-refractivity contribution in [1.29, 1.82) is 0 Å². The maximum absolute atomic E-state index is 12.0. The minimum Gasteiger partial charge on any atom is -0.450 e. The van der Waals surface area contributed by atoms with Gasteiger partial charge in [-0.3, -0.25) is 19.7 Å². The number of nitrogens with zero attached hydrogens (tertiary/aromatic N) is 1. The lowest BCUT2D eigenvalue weighted by Crippen LogP contribution is -2.10. The van der Waals surface area contributed by atoms with E-state index in [0.29, 0.717) is 17.0 Å². The molecule has 0 aliphatic carbocycles.